The molecule has 0 bridgehead atoms. The summed E-state index contributed by atoms with van der Waals surface area (Å²) in [6, 6.07) is 5.57. The fourth-order valence-corrected chi connectivity index (χ4v) is 3.06. The average Bonchev–Trinajstić information content (AvgIpc) is 2.96. The number of carbonyl (C=O) groups is 1. The number of nitrogens with zero attached hydrogens (tertiary/aromatic N) is 3. The summed E-state index contributed by atoms with van der Waals surface area (Å²) in [4.78, 5) is 16.7. The van der Waals surface area contributed by atoms with Crippen LogP contribution in [0.1, 0.15) is 48.2 Å². The van der Waals surface area contributed by atoms with Gasteiger partial charge in [-0.2, -0.15) is 5.26 Å². The molecule has 2 aromatic rings. The van der Waals surface area contributed by atoms with Crippen LogP contribution in [0, 0.1) is 11.3 Å². The highest BCUT2D eigenvalue weighted by Crippen LogP contribution is 2.35. The van der Waals surface area contributed by atoms with Gasteiger partial charge in [-0.05, 0) is 11.5 Å². The molecule has 1 N–H and O–H groups in total. The number of aromatic nitrogens is 2. The molecule has 0 aliphatic carbocycles. The summed E-state index contributed by atoms with van der Waals surface area (Å²) in [5, 5.41) is 12.5. The minimum atomic E-state index is -0.233. The summed E-state index contributed by atoms with van der Waals surface area (Å²) in [5.74, 6) is 1.01. The molecule has 28 heavy (non-hydrogen) atoms. The molecule has 0 radical (unpaired) electrons. The van der Waals surface area contributed by atoms with Crippen molar-refractivity contribution in [3.63, 3.8) is 0 Å². The maximum absolute atomic E-state index is 12.3. The van der Waals surface area contributed by atoms with Crippen molar-refractivity contribution in [2.45, 2.75) is 38.8 Å². The van der Waals surface area contributed by atoms with Crippen LogP contribution in [-0.2, 0) is 23.8 Å². The lowest BCUT2D eigenvalue weighted by Gasteiger charge is -2.26. The van der Waals surface area contributed by atoms with E-state index < -0.39 is 0 Å². The first kappa shape index (κ1) is 20.2. The second-order valence-corrected chi connectivity index (χ2v) is 8.21. The van der Waals surface area contributed by atoms with Crippen LogP contribution in [0.15, 0.2) is 18.3 Å². The average molecular weight is 403 g/mol. The van der Waals surface area contributed by atoms with Crippen LogP contribution in [0.4, 0.5) is 0 Å². The third-order valence-corrected chi connectivity index (χ3v) is 4.96. The highest BCUT2D eigenvalue weighted by molar-refractivity contribution is 6.31. The van der Waals surface area contributed by atoms with Crippen molar-refractivity contribution in [3.05, 3.63) is 46.0 Å². The van der Waals surface area contributed by atoms with E-state index >= 15 is 0 Å². The summed E-state index contributed by atoms with van der Waals surface area (Å²) < 4.78 is 12.8. The molecule has 7 nitrogen and oxygen atoms in total. The first-order chi connectivity index (χ1) is 13.2. The van der Waals surface area contributed by atoms with Crippen molar-refractivity contribution < 1.29 is 14.3 Å². The Balaban J connectivity index is 1.78. The van der Waals surface area contributed by atoms with E-state index in [2.05, 4.69) is 16.4 Å². The van der Waals surface area contributed by atoms with Crippen molar-refractivity contribution in [3.8, 4) is 11.8 Å². The van der Waals surface area contributed by atoms with Crippen LogP contribution in [0.25, 0.3) is 0 Å². The lowest BCUT2D eigenvalue weighted by molar-refractivity contribution is -0.00361. The third kappa shape index (κ3) is 4.13. The number of halogens is 1. The van der Waals surface area contributed by atoms with Gasteiger partial charge >= 0.3 is 0 Å². The number of benzene rings is 1. The number of ether oxygens (including phenoxy) is 2. The van der Waals surface area contributed by atoms with E-state index in [1.807, 2.05) is 20.8 Å². The first-order valence-electron chi connectivity index (χ1n) is 8.97. The van der Waals surface area contributed by atoms with E-state index in [0.29, 0.717) is 41.1 Å². The molecule has 1 aromatic heterocycles. The summed E-state index contributed by atoms with van der Waals surface area (Å²) in [5.41, 5.74) is 1.52. The number of carbonyl (C=O) groups excluding carboxylic acids is 1. The van der Waals surface area contributed by atoms with Crippen molar-refractivity contribution >= 4 is 17.5 Å². The maximum Gasteiger partial charge on any atom is 0.269 e. The van der Waals surface area contributed by atoms with E-state index in [1.165, 1.54) is 6.20 Å². The van der Waals surface area contributed by atoms with E-state index in [-0.39, 0.29) is 24.0 Å². The molecule has 1 aliphatic rings. The standard InChI is InChI=1S/C20H23ClN4O3/c1-20(2,3)14-5-12(7-22)15(21)6-17(14)28-11-18-23-8-16(25(18)4)19(26)24-13-9-27-10-13/h5-6,8,13H,9-11H2,1-4H3,(H,24,26). The Labute approximate surface area is 169 Å². The van der Waals surface area contributed by atoms with Crippen LogP contribution in [0.2, 0.25) is 5.02 Å². The van der Waals surface area contributed by atoms with Crippen molar-refractivity contribution in [2.75, 3.05) is 13.2 Å². The Hall–Kier alpha value is -2.56. The monoisotopic (exact) mass is 402 g/mol. The summed E-state index contributed by atoms with van der Waals surface area (Å²) in [7, 11) is 1.77. The molecular formula is C20H23ClN4O3. The molecule has 0 atom stereocenters. The lowest BCUT2D eigenvalue weighted by Crippen LogP contribution is -2.48. The predicted octanol–water partition coefficient (Wildman–Crippen LogP) is 2.95. The van der Waals surface area contributed by atoms with E-state index in [0.717, 1.165) is 5.56 Å². The fourth-order valence-electron chi connectivity index (χ4n) is 2.86. The van der Waals surface area contributed by atoms with Gasteiger partial charge in [0.1, 0.15) is 29.9 Å². The van der Waals surface area contributed by atoms with Crippen LogP contribution >= 0.6 is 11.6 Å². The lowest BCUT2D eigenvalue weighted by atomic mass is 9.85. The summed E-state index contributed by atoms with van der Waals surface area (Å²) >= 11 is 6.19. The van der Waals surface area contributed by atoms with E-state index in [4.69, 9.17) is 21.1 Å². The fraction of sp³-hybridized carbons (Fsp3) is 0.450. The Morgan fingerprint density at radius 2 is 2.18 bits per heavy atom. The van der Waals surface area contributed by atoms with Gasteiger partial charge in [-0.3, -0.25) is 4.79 Å². The van der Waals surface area contributed by atoms with Gasteiger partial charge in [-0.1, -0.05) is 32.4 Å². The second kappa shape index (κ2) is 7.82. The second-order valence-electron chi connectivity index (χ2n) is 7.81. The molecule has 1 amide bonds. The number of amides is 1. The van der Waals surface area contributed by atoms with Crippen LogP contribution in [0.3, 0.4) is 0 Å². The van der Waals surface area contributed by atoms with Gasteiger partial charge in [-0.25, -0.2) is 4.98 Å². The normalized spacial score (nSPS) is 14.3. The van der Waals surface area contributed by atoms with Crippen molar-refractivity contribution in [1.29, 1.82) is 5.26 Å². The molecule has 0 unspecified atom stereocenters. The zero-order valence-electron chi connectivity index (χ0n) is 16.4. The summed E-state index contributed by atoms with van der Waals surface area (Å²) in [6.45, 7) is 7.36. The smallest absolute Gasteiger partial charge is 0.269 e. The van der Waals surface area contributed by atoms with Gasteiger partial charge in [0.2, 0.25) is 0 Å². The topological polar surface area (TPSA) is 89.2 Å². The van der Waals surface area contributed by atoms with Gasteiger partial charge in [0, 0.05) is 18.7 Å². The SMILES string of the molecule is Cn1c(C(=O)NC2COC2)cnc1COc1cc(Cl)c(C#N)cc1C(C)(C)C. The minimum Gasteiger partial charge on any atom is -0.485 e. The van der Waals surface area contributed by atoms with Gasteiger partial charge < -0.3 is 19.4 Å². The number of hydrogen-bond acceptors (Lipinski definition) is 5. The Kier molecular flexibility index (Phi) is 5.64. The highest BCUT2D eigenvalue weighted by Gasteiger charge is 2.24. The zero-order valence-corrected chi connectivity index (χ0v) is 17.1. The summed E-state index contributed by atoms with van der Waals surface area (Å²) in [6.07, 6.45) is 1.53. The molecule has 0 saturated carbocycles. The molecule has 1 aliphatic heterocycles. The Morgan fingerprint density at radius 3 is 2.75 bits per heavy atom. The van der Waals surface area contributed by atoms with E-state index in [9.17, 15) is 10.1 Å². The third-order valence-electron chi connectivity index (χ3n) is 4.64. The van der Waals surface area contributed by atoms with Gasteiger partial charge in [-0.15, -0.1) is 0 Å². The van der Waals surface area contributed by atoms with Gasteiger partial charge in [0.15, 0.2) is 0 Å². The Bertz CT molecular complexity index is 936. The van der Waals surface area contributed by atoms with Crippen molar-refractivity contribution in [1.82, 2.24) is 14.9 Å². The molecule has 2 heterocycles. The molecule has 0 spiro atoms. The van der Waals surface area contributed by atoms with Crippen LogP contribution < -0.4 is 10.1 Å². The molecule has 148 valence electrons. The van der Waals surface area contributed by atoms with E-state index in [1.54, 1.807) is 23.7 Å². The minimum absolute atomic E-state index is 0.0530. The van der Waals surface area contributed by atoms with Gasteiger partial charge in [0.25, 0.3) is 5.91 Å². The number of nitriles is 1. The number of nitrogens with one attached hydrogen (secondary N) is 1. The molecule has 1 saturated heterocycles. The number of rotatable bonds is 5. The molecule has 3 rings (SSSR count). The van der Waals surface area contributed by atoms with Crippen LogP contribution in [0.5, 0.6) is 5.75 Å². The predicted molar refractivity (Wildman–Crippen MR) is 104 cm³/mol. The molecule has 1 fully saturated rings. The Morgan fingerprint density at radius 1 is 1.46 bits per heavy atom. The highest BCUT2D eigenvalue weighted by atomic mass is 35.5. The molecular weight excluding hydrogens is 380 g/mol. The van der Waals surface area contributed by atoms with Crippen molar-refractivity contribution in [2.24, 2.45) is 7.05 Å². The number of hydrogen-bond donors (Lipinski definition) is 1. The molecule has 1 aromatic carbocycles. The largest absolute Gasteiger partial charge is 0.485 e. The molecule has 8 heteroatoms. The van der Waals surface area contributed by atoms with Crippen LogP contribution in [-0.4, -0.2) is 34.7 Å². The zero-order chi connectivity index (χ0) is 20.5. The quantitative estimate of drug-likeness (QED) is 0.830. The first-order valence-corrected chi connectivity index (χ1v) is 9.34. The maximum atomic E-state index is 12.3. The van der Waals surface area contributed by atoms with Gasteiger partial charge in [0.05, 0.1) is 36.0 Å². The number of imidazole rings is 1.